The molecule has 0 amide bonds. The van der Waals surface area contributed by atoms with E-state index >= 15 is 0 Å². The van der Waals surface area contributed by atoms with E-state index in [2.05, 4.69) is 24.5 Å². The van der Waals surface area contributed by atoms with E-state index < -0.39 is 0 Å². The fourth-order valence-corrected chi connectivity index (χ4v) is 3.86. The van der Waals surface area contributed by atoms with E-state index in [0.29, 0.717) is 5.92 Å². The molecule has 1 saturated carbocycles. The van der Waals surface area contributed by atoms with Gasteiger partial charge in [-0.25, -0.2) is 9.97 Å². The fraction of sp³-hybridized carbons (Fsp3) is 0.571. The third-order valence-electron chi connectivity index (χ3n) is 3.27. The summed E-state index contributed by atoms with van der Waals surface area (Å²) >= 11 is 3.48. The zero-order valence-corrected chi connectivity index (χ0v) is 13.0. The third-order valence-corrected chi connectivity index (χ3v) is 5.08. The van der Waals surface area contributed by atoms with Crippen molar-refractivity contribution in [1.29, 1.82) is 0 Å². The Morgan fingerprint density at radius 2 is 2.21 bits per heavy atom. The Hall–Kier alpha value is -0.940. The van der Waals surface area contributed by atoms with Crippen LogP contribution in [0.4, 0.5) is 5.13 Å². The van der Waals surface area contributed by atoms with Crippen molar-refractivity contribution in [2.45, 2.75) is 45.4 Å². The highest BCUT2D eigenvalue weighted by Gasteiger charge is 2.30. The van der Waals surface area contributed by atoms with Crippen molar-refractivity contribution in [3.8, 4) is 10.6 Å². The number of hydrogen-bond acceptors (Lipinski definition) is 5. The van der Waals surface area contributed by atoms with Crippen LogP contribution >= 0.6 is 22.7 Å². The summed E-state index contributed by atoms with van der Waals surface area (Å²) in [6.45, 7) is 5.31. The summed E-state index contributed by atoms with van der Waals surface area (Å²) in [4.78, 5) is 10.7. The third kappa shape index (κ3) is 2.98. The number of unbranched alkanes of at least 4 members (excludes halogenated alkanes) is 1. The number of hydrogen-bond donors (Lipinski definition) is 1. The van der Waals surface area contributed by atoms with Gasteiger partial charge in [0.15, 0.2) is 5.13 Å². The lowest BCUT2D eigenvalue weighted by Crippen LogP contribution is -1.99. The first-order valence-electron chi connectivity index (χ1n) is 6.95. The molecule has 0 aromatic carbocycles. The Bertz CT molecular complexity index is 555. The molecule has 0 spiro atoms. The number of rotatable bonds is 6. The molecular weight excluding hydrogens is 274 g/mol. The Kier molecular flexibility index (Phi) is 3.84. The van der Waals surface area contributed by atoms with Crippen molar-refractivity contribution in [3.05, 3.63) is 16.1 Å². The summed E-state index contributed by atoms with van der Waals surface area (Å²) in [6.07, 6.45) is 5.00. The minimum atomic E-state index is 0.693. The van der Waals surface area contributed by atoms with Crippen molar-refractivity contribution in [2.24, 2.45) is 0 Å². The molecule has 1 aliphatic carbocycles. The zero-order chi connectivity index (χ0) is 13.2. The van der Waals surface area contributed by atoms with Gasteiger partial charge < -0.3 is 5.32 Å². The quantitative estimate of drug-likeness (QED) is 0.787. The number of aryl methyl sites for hydroxylation is 1. The van der Waals surface area contributed by atoms with E-state index in [-0.39, 0.29) is 0 Å². The van der Waals surface area contributed by atoms with Crippen LogP contribution in [-0.4, -0.2) is 16.5 Å². The maximum absolute atomic E-state index is 4.71. The molecule has 5 heteroatoms. The van der Waals surface area contributed by atoms with Gasteiger partial charge in [-0.05, 0) is 26.2 Å². The lowest BCUT2D eigenvalue weighted by Gasteiger charge is -1.99. The topological polar surface area (TPSA) is 37.8 Å². The molecule has 3 rings (SSSR count). The van der Waals surface area contributed by atoms with Crippen LogP contribution in [0.5, 0.6) is 0 Å². The van der Waals surface area contributed by atoms with E-state index in [1.54, 1.807) is 22.7 Å². The smallest absolute Gasteiger partial charge is 0.183 e. The maximum Gasteiger partial charge on any atom is 0.183 e. The van der Waals surface area contributed by atoms with E-state index in [1.165, 1.54) is 36.3 Å². The Balaban J connectivity index is 1.78. The highest BCUT2D eigenvalue weighted by molar-refractivity contribution is 7.16. The Morgan fingerprint density at radius 3 is 2.95 bits per heavy atom. The standard InChI is InChI=1S/C14H19N3S2/c1-3-4-7-15-14-17-11(8-18-14)13-12(10-5-6-10)16-9(2)19-13/h8,10H,3-7H2,1-2H3,(H,15,17). The van der Waals surface area contributed by atoms with E-state index in [1.807, 2.05) is 0 Å². The molecule has 2 heterocycles. The van der Waals surface area contributed by atoms with Gasteiger partial charge in [0.1, 0.15) is 0 Å². The van der Waals surface area contributed by atoms with Crippen LogP contribution in [0.3, 0.4) is 0 Å². The molecule has 0 aliphatic heterocycles. The summed E-state index contributed by atoms with van der Waals surface area (Å²) in [5.41, 5.74) is 2.39. The van der Waals surface area contributed by atoms with Crippen LogP contribution in [0.15, 0.2) is 5.38 Å². The molecule has 0 saturated heterocycles. The first-order chi connectivity index (χ1) is 9.28. The molecule has 102 valence electrons. The highest BCUT2D eigenvalue weighted by atomic mass is 32.1. The maximum atomic E-state index is 4.71. The highest BCUT2D eigenvalue weighted by Crippen LogP contribution is 2.46. The monoisotopic (exact) mass is 293 g/mol. The largest absolute Gasteiger partial charge is 0.362 e. The molecule has 0 bridgehead atoms. The number of anilines is 1. The first kappa shape index (κ1) is 13.1. The zero-order valence-electron chi connectivity index (χ0n) is 11.4. The Morgan fingerprint density at radius 1 is 1.37 bits per heavy atom. The lowest BCUT2D eigenvalue weighted by atomic mass is 10.2. The fourth-order valence-electron chi connectivity index (χ4n) is 2.09. The minimum absolute atomic E-state index is 0.693. The molecule has 0 unspecified atom stereocenters. The number of nitrogens with one attached hydrogen (secondary N) is 1. The van der Waals surface area contributed by atoms with Crippen LogP contribution < -0.4 is 5.32 Å². The van der Waals surface area contributed by atoms with Gasteiger partial charge in [-0.15, -0.1) is 22.7 Å². The van der Waals surface area contributed by atoms with Gasteiger partial charge in [0, 0.05) is 17.8 Å². The van der Waals surface area contributed by atoms with Crippen LogP contribution in [0.25, 0.3) is 10.6 Å². The second kappa shape index (κ2) is 5.59. The van der Waals surface area contributed by atoms with Crippen LogP contribution in [0.2, 0.25) is 0 Å². The first-order valence-corrected chi connectivity index (χ1v) is 8.64. The van der Waals surface area contributed by atoms with E-state index in [4.69, 9.17) is 9.97 Å². The second-order valence-electron chi connectivity index (χ2n) is 5.04. The summed E-state index contributed by atoms with van der Waals surface area (Å²) in [5.74, 6) is 0.693. The molecular formula is C14H19N3S2. The number of nitrogens with zero attached hydrogens (tertiary/aromatic N) is 2. The molecule has 0 radical (unpaired) electrons. The van der Waals surface area contributed by atoms with Gasteiger partial charge in [0.25, 0.3) is 0 Å². The van der Waals surface area contributed by atoms with Gasteiger partial charge in [0.05, 0.1) is 21.3 Å². The molecule has 1 N–H and O–H groups in total. The van der Waals surface area contributed by atoms with Gasteiger partial charge in [-0.1, -0.05) is 13.3 Å². The number of aromatic nitrogens is 2. The summed E-state index contributed by atoms with van der Waals surface area (Å²) in [7, 11) is 0. The second-order valence-corrected chi connectivity index (χ2v) is 7.10. The predicted octanol–water partition coefficient (Wildman–Crippen LogP) is 4.66. The van der Waals surface area contributed by atoms with Gasteiger partial charge >= 0.3 is 0 Å². The summed E-state index contributed by atoms with van der Waals surface area (Å²) in [5, 5.41) is 7.75. The van der Waals surface area contributed by atoms with Crippen molar-refractivity contribution < 1.29 is 0 Å². The molecule has 2 aromatic rings. The molecule has 1 aliphatic rings. The number of thiazole rings is 2. The average molecular weight is 293 g/mol. The lowest BCUT2D eigenvalue weighted by molar-refractivity contribution is 0.833. The predicted molar refractivity (Wildman–Crippen MR) is 83.3 cm³/mol. The molecule has 2 aromatic heterocycles. The average Bonchev–Trinajstić information content (AvgIpc) is 3.01. The van der Waals surface area contributed by atoms with Gasteiger partial charge in [0.2, 0.25) is 0 Å². The normalized spacial score (nSPS) is 14.8. The van der Waals surface area contributed by atoms with Crippen LogP contribution in [0, 0.1) is 6.92 Å². The summed E-state index contributed by atoms with van der Waals surface area (Å²) < 4.78 is 0. The Labute approximate surface area is 122 Å². The molecule has 3 nitrogen and oxygen atoms in total. The van der Waals surface area contributed by atoms with Gasteiger partial charge in [-0.3, -0.25) is 0 Å². The molecule has 0 atom stereocenters. The van der Waals surface area contributed by atoms with Crippen LogP contribution in [0.1, 0.15) is 49.2 Å². The van der Waals surface area contributed by atoms with Crippen molar-refractivity contribution in [1.82, 2.24) is 9.97 Å². The van der Waals surface area contributed by atoms with Gasteiger partial charge in [-0.2, -0.15) is 0 Å². The van der Waals surface area contributed by atoms with Crippen molar-refractivity contribution >= 4 is 27.8 Å². The van der Waals surface area contributed by atoms with Crippen LogP contribution in [-0.2, 0) is 0 Å². The van der Waals surface area contributed by atoms with E-state index in [9.17, 15) is 0 Å². The van der Waals surface area contributed by atoms with Crippen molar-refractivity contribution in [3.63, 3.8) is 0 Å². The summed E-state index contributed by atoms with van der Waals surface area (Å²) in [6, 6.07) is 0. The van der Waals surface area contributed by atoms with E-state index in [0.717, 1.165) is 22.4 Å². The SMILES string of the molecule is CCCCNc1nc(-c2sc(C)nc2C2CC2)cs1. The molecule has 1 fully saturated rings. The van der Waals surface area contributed by atoms with Crippen molar-refractivity contribution in [2.75, 3.05) is 11.9 Å². The minimum Gasteiger partial charge on any atom is -0.362 e. The molecule has 19 heavy (non-hydrogen) atoms.